The number of nitrogens with zero attached hydrogens (tertiary/aromatic N) is 1. The van der Waals surface area contributed by atoms with Crippen molar-refractivity contribution in [2.45, 2.75) is 65.8 Å². The van der Waals surface area contributed by atoms with E-state index in [4.69, 9.17) is 0 Å². The molecule has 3 nitrogen and oxygen atoms in total. The van der Waals surface area contributed by atoms with Gasteiger partial charge in [-0.3, -0.25) is 0 Å². The molecule has 1 heterocycles. The van der Waals surface area contributed by atoms with Crippen LogP contribution in [-0.4, -0.2) is 13.9 Å². The zero-order valence-electron chi connectivity index (χ0n) is 16.0. The van der Waals surface area contributed by atoms with E-state index in [9.17, 15) is 8.94 Å². The molecule has 140 valence electrons. The molecule has 0 bridgehead atoms. The van der Waals surface area contributed by atoms with E-state index in [2.05, 4.69) is 41.4 Å². The van der Waals surface area contributed by atoms with Crippen molar-refractivity contribution in [1.29, 1.82) is 0 Å². The van der Waals surface area contributed by atoms with Gasteiger partial charge in [0, 0.05) is 29.5 Å². The lowest BCUT2D eigenvalue weighted by Gasteiger charge is -2.26. The quantitative estimate of drug-likeness (QED) is 0.631. The number of benzene rings is 1. The first-order chi connectivity index (χ1) is 11.3. The van der Waals surface area contributed by atoms with Gasteiger partial charge in [0.15, 0.2) is 5.82 Å². The van der Waals surface area contributed by atoms with E-state index in [1.165, 1.54) is 0 Å². The highest BCUT2D eigenvalue weighted by Crippen LogP contribution is 2.34. The van der Waals surface area contributed by atoms with Gasteiger partial charge in [-0.15, -0.1) is 4.72 Å². The molecule has 0 amide bonds. The molecule has 2 rings (SSSR count). The van der Waals surface area contributed by atoms with E-state index in [1.807, 2.05) is 44.5 Å². The number of hydrogen-bond donors (Lipinski definition) is 1. The molecule has 25 heavy (non-hydrogen) atoms. The molecule has 0 aliphatic carbocycles. The highest BCUT2D eigenvalue weighted by molar-refractivity contribution is 9.10. The fourth-order valence-electron chi connectivity index (χ4n) is 2.74. The van der Waals surface area contributed by atoms with Crippen LogP contribution >= 0.6 is 15.9 Å². The Labute approximate surface area is 161 Å². The average Bonchev–Trinajstić information content (AvgIpc) is 2.79. The highest BCUT2D eigenvalue weighted by atomic mass is 79.9. The summed E-state index contributed by atoms with van der Waals surface area (Å²) in [6.07, 6.45) is 1.99. The second-order valence-corrected chi connectivity index (χ2v) is 11.6. The van der Waals surface area contributed by atoms with Crippen LogP contribution in [0.25, 0.3) is 10.9 Å². The van der Waals surface area contributed by atoms with Crippen LogP contribution in [-0.2, 0) is 17.9 Å². The molecule has 0 saturated heterocycles. The fourth-order valence-corrected chi connectivity index (χ4v) is 3.86. The van der Waals surface area contributed by atoms with Crippen LogP contribution in [0.3, 0.4) is 0 Å². The molecule has 1 unspecified atom stereocenters. The van der Waals surface area contributed by atoms with Crippen molar-refractivity contribution in [3.05, 3.63) is 34.2 Å². The van der Waals surface area contributed by atoms with E-state index in [0.29, 0.717) is 16.5 Å². The van der Waals surface area contributed by atoms with Crippen LogP contribution < -0.4 is 4.72 Å². The molecule has 2 atom stereocenters. The lowest BCUT2D eigenvalue weighted by atomic mass is 9.97. The van der Waals surface area contributed by atoms with E-state index in [0.717, 1.165) is 10.9 Å². The summed E-state index contributed by atoms with van der Waals surface area (Å²) in [6.45, 7) is 14.9. The summed E-state index contributed by atoms with van der Waals surface area (Å²) in [7, 11) is 0. The number of nitrogens with one attached hydrogen (secondary N) is 1. The molecule has 0 aliphatic rings. The third-order valence-corrected chi connectivity index (χ3v) is 6.21. The maximum Gasteiger partial charge on any atom is 0.161 e. The smallest absolute Gasteiger partial charge is 0.161 e. The van der Waals surface area contributed by atoms with Crippen LogP contribution in [0.15, 0.2) is 22.8 Å². The number of hydrogen-bond acceptors (Lipinski definition) is 2. The molecule has 0 spiro atoms. The molecular formula is C19H28BrFN2OS. The summed E-state index contributed by atoms with van der Waals surface area (Å²) in [5.41, 5.74) is 1.57. The summed E-state index contributed by atoms with van der Waals surface area (Å²) >= 11 is 2.10. The molecule has 0 saturated carbocycles. The van der Waals surface area contributed by atoms with Crippen molar-refractivity contribution in [3.8, 4) is 0 Å². The van der Waals surface area contributed by atoms with Gasteiger partial charge in [0.2, 0.25) is 0 Å². The lowest BCUT2D eigenvalue weighted by Crippen LogP contribution is -2.40. The fraction of sp³-hybridized carbons (Fsp3) is 0.579. The third-order valence-electron chi connectivity index (χ3n) is 3.91. The minimum Gasteiger partial charge on any atom is -0.598 e. The standard InChI is InChI=1S/C19H28BrFN2OS/c1-12(22-25(24)19(5,6)7)14-10-23(11-18(2,3)4)17-13(14)8-9-15(20)16(17)21/h8-10,12,22H,11H2,1-7H3/t12-,25?/m1/s1. The predicted molar refractivity (Wildman–Crippen MR) is 108 cm³/mol. The van der Waals surface area contributed by atoms with Crippen LogP contribution in [0.4, 0.5) is 4.39 Å². The van der Waals surface area contributed by atoms with Gasteiger partial charge in [-0.05, 0) is 60.7 Å². The minimum atomic E-state index is -1.19. The average molecular weight is 431 g/mol. The Hall–Kier alpha value is -0.560. The van der Waals surface area contributed by atoms with Crippen molar-refractivity contribution < 1.29 is 8.94 Å². The Morgan fingerprint density at radius 2 is 1.84 bits per heavy atom. The van der Waals surface area contributed by atoms with Crippen molar-refractivity contribution in [2.24, 2.45) is 5.41 Å². The summed E-state index contributed by atoms with van der Waals surface area (Å²) < 4.78 is 32.5. The number of halogens is 2. The van der Waals surface area contributed by atoms with Gasteiger partial charge in [0.25, 0.3) is 0 Å². The Bertz CT molecular complexity index is 761. The van der Waals surface area contributed by atoms with Gasteiger partial charge in [0.1, 0.15) is 4.75 Å². The molecule has 1 N–H and O–H groups in total. The molecule has 6 heteroatoms. The van der Waals surface area contributed by atoms with Gasteiger partial charge < -0.3 is 9.12 Å². The van der Waals surface area contributed by atoms with Crippen molar-refractivity contribution in [3.63, 3.8) is 0 Å². The van der Waals surface area contributed by atoms with E-state index in [1.54, 1.807) is 6.07 Å². The number of rotatable bonds is 4. The summed E-state index contributed by atoms with van der Waals surface area (Å²) in [5.74, 6) is -0.253. The van der Waals surface area contributed by atoms with Gasteiger partial charge in [0.05, 0.1) is 16.0 Å². The first kappa shape index (κ1) is 20.7. The summed E-state index contributed by atoms with van der Waals surface area (Å²) in [6, 6.07) is 3.51. The van der Waals surface area contributed by atoms with Gasteiger partial charge in [-0.25, -0.2) is 4.39 Å². The first-order valence-electron chi connectivity index (χ1n) is 8.46. The molecular weight excluding hydrogens is 403 g/mol. The second-order valence-electron chi connectivity index (χ2n) is 8.75. The Balaban J connectivity index is 2.52. The van der Waals surface area contributed by atoms with Crippen molar-refractivity contribution in [1.82, 2.24) is 9.29 Å². The van der Waals surface area contributed by atoms with E-state index < -0.39 is 11.4 Å². The molecule has 1 aromatic heterocycles. The SMILES string of the molecule is C[C@@H](N[S+]([O-])C(C)(C)C)c1cn(CC(C)(C)C)c2c(F)c(Br)ccc12. The monoisotopic (exact) mass is 430 g/mol. The zero-order valence-corrected chi connectivity index (χ0v) is 18.4. The maximum absolute atomic E-state index is 14.8. The van der Waals surface area contributed by atoms with Crippen LogP contribution in [0.5, 0.6) is 0 Å². The largest absolute Gasteiger partial charge is 0.598 e. The van der Waals surface area contributed by atoms with Crippen molar-refractivity contribution in [2.75, 3.05) is 0 Å². The summed E-state index contributed by atoms with van der Waals surface area (Å²) in [5, 5.41) is 0.857. The molecule has 1 aromatic carbocycles. The van der Waals surface area contributed by atoms with Gasteiger partial charge in [-0.2, -0.15) is 0 Å². The van der Waals surface area contributed by atoms with Gasteiger partial charge in [-0.1, -0.05) is 26.8 Å². The Morgan fingerprint density at radius 3 is 2.36 bits per heavy atom. The second kappa shape index (κ2) is 7.22. The van der Waals surface area contributed by atoms with Crippen LogP contribution in [0.2, 0.25) is 0 Å². The zero-order chi connectivity index (χ0) is 19.2. The minimum absolute atomic E-state index is 0.0167. The molecule has 0 fully saturated rings. The van der Waals surface area contributed by atoms with Crippen molar-refractivity contribution >= 4 is 38.2 Å². The van der Waals surface area contributed by atoms with E-state index >= 15 is 0 Å². The lowest BCUT2D eigenvalue weighted by molar-refractivity contribution is 0.347. The van der Waals surface area contributed by atoms with Crippen LogP contribution in [0.1, 0.15) is 60.1 Å². The number of fused-ring (bicyclic) bond motifs is 1. The Kier molecular flexibility index (Phi) is 5.99. The molecule has 0 radical (unpaired) electrons. The molecule has 0 aliphatic heterocycles. The summed E-state index contributed by atoms with van der Waals surface area (Å²) in [4.78, 5) is 0. The topological polar surface area (TPSA) is 40.0 Å². The first-order valence-corrected chi connectivity index (χ1v) is 10.4. The Morgan fingerprint density at radius 1 is 1.24 bits per heavy atom. The predicted octanol–water partition coefficient (Wildman–Crippen LogP) is 5.70. The molecule has 2 aromatic rings. The normalized spacial score (nSPS) is 15.6. The van der Waals surface area contributed by atoms with E-state index in [-0.39, 0.29) is 22.0 Å². The van der Waals surface area contributed by atoms with Crippen LogP contribution in [0, 0.1) is 11.2 Å². The van der Waals surface area contributed by atoms with Gasteiger partial charge >= 0.3 is 0 Å². The number of aromatic nitrogens is 1. The highest BCUT2D eigenvalue weighted by Gasteiger charge is 2.30. The third kappa shape index (κ3) is 4.79. The maximum atomic E-state index is 14.8.